The zero-order valence-electron chi connectivity index (χ0n) is 15.2. The molecule has 1 aromatic carbocycles. The van der Waals surface area contributed by atoms with Gasteiger partial charge in [0.2, 0.25) is 15.9 Å². The Labute approximate surface area is 159 Å². The number of hydrogen-bond acceptors (Lipinski definition) is 5. The van der Waals surface area contributed by atoms with Crippen molar-refractivity contribution < 1.29 is 13.2 Å². The van der Waals surface area contributed by atoms with Gasteiger partial charge in [-0.15, -0.1) is 0 Å². The molecule has 0 atom stereocenters. The number of sulfonamides is 1. The summed E-state index contributed by atoms with van der Waals surface area (Å²) in [4.78, 5) is 16.1. The highest BCUT2D eigenvalue weighted by molar-refractivity contribution is 7.89. The van der Waals surface area contributed by atoms with Gasteiger partial charge in [0.1, 0.15) is 12.7 Å². The molecule has 9 heteroatoms. The molecule has 2 heterocycles. The van der Waals surface area contributed by atoms with E-state index in [1.165, 1.54) is 6.33 Å². The minimum atomic E-state index is -3.41. The zero-order valence-corrected chi connectivity index (χ0v) is 16.1. The van der Waals surface area contributed by atoms with Crippen LogP contribution in [0.15, 0.2) is 41.8 Å². The summed E-state index contributed by atoms with van der Waals surface area (Å²) in [7, 11) is -3.41. The Morgan fingerprint density at radius 3 is 2.52 bits per heavy atom. The molecule has 8 nitrogen and oxygen atoms in total. The summed E-state index contributed by atoms with van der Waals surface area (Å²) in [6.45, 7) is 2.21. The van der Waals surface area contributed by atoms with Crippen molar-refractivity contribution >= 4 is 15.9 Å². The number of aromatic nitrogens is 3. The number of amides is 1. The standard InChI is InChI=1S/C18H25N5O3S/c24-18(5-4-10-22-15-19-14-21-22)20-13-16-6-8-17(9-7-16)27(25,26)23-11-2-1-3-12-23/h6-9,14-15H,1-5,10-13H2,(H,20,24). The first kappa shape index (κ1) is 19.5. The summed E-state index contributed by atoms with van der Waals surface area (Å²) in [6.07, 6.45) is 7.10. The number of nitrogens with zero attached hydrogens (tertiary/aromatic N) is 4. The van der Waals surface area contributed by atoms with Gasteiger partial charge in [-0.1, -0.05) is 18.6 Å². The maximum Gasteiger partial charge on any atom is 0.243 e. The van der Waals surface area contributed by atoms with Gasteiger partial charge in [-0.2, -0.15) is 9.40 Å². The fraction of sp³-hybridized carbons (Fsp3) is 0.500. The number of nitrogens with one attached hydrogen (secondary N) is 1. The Balaban J connectivity index is 1.46. The minimum absolute atomic E-state index is 0.0415. The zero-order chi connectivity index (χ0) is 19.1. The average Bonchev–Trinajstić information content (AvgIpc) is 3.21. The molecule has 1 saturated heterocycles. The number of rotatable bonds is 8. The monoisotopic (exact) mass is 391 g/mol. The van der Waals surface area contributed by atoms with Gasteiger partial charge in [0, 0.05) is 32.6 Å². The molecule has 0 spiro atoms. The molecular formula is C18H25N5O3S. The number of hydrogen-bond donors (Lipinski definition) is 1. The first-order chi connectivity index (χ1) is 13.1. The summed E-state index contributed by atoms with van der Waals surface area (Å²) in [5.74, 6) is -0.0415. The lowest BCUT2D eigenvalue weighted by atomic mass is 10.2. The van der Waals surface area contributed by atoms with Crippen LogP contribution >= 0.6 is 0 Å². The highest BCUT2D eigenvalue weighted by Crippen LogP contribution is 2.20. The predicted molar refractivity (Wildman–Crippen MR) is 100 cm³/mol. The Morgan fingerprint density at radius 1 is 1.11 bits per heavy atom. The lowest BCUT2D eigenvalue weighted by Crippen LogP contribution is -2.35. The van der Waals surface area contributed by atoms with Gasteiger partial charge in [-0.05, 0) is 37.0 Å². The lowest BCUT2D eigenvalue weighted by molar-refractivity contribution is -0.121. The lowest BCUT2D eigenvalue weighted by Gasteiger charge is -2.25. The van der Waals surface area contributed by atoms with Crippen molar-refractivity contribution in [3.63, 3.8) is 0 Å². The van der Waals surface area contributed by atoms with E-state index < -0.39 is 10.0 Å². The van der Waals surface area contributed by atoms with Crippen LogP contribution < -0.4 is 5.32 Å². The maximum absolute atomic E-state index is 12.6. The van der Waals surface area contributed by atoms with Crippen molar-refractivity contribution in [1.82, 2.24) is 24.4 Å². The van der Waals surface area contributed by atoms with Gasteiger partial charge < -0.3 is 5.32 Å². The first-order valence-electron chi connectivity index (χ1n) is 9.24. The quantitative estimate of drug-likeness (QED) is 0.736. The molecule has 146 valence electrons. The second-order valence-corrected chi connectivity index (χ2v) is 8.59. The molecule has 0 radical (unpaired) electrons. The highest BCUT2D eigenvalue weighted by Gasteiger charge is 2.25. The van der Waals surface area contributed by atoms with Gasteiger partial charge in [0.25, 0.3) is 0 Å². The molecule has 1 aromatic heterocycles. The van der Waals surface area contributed by atoms with Crippen LogP contribution in [-0.2, 0) is 27.9 Å². The van der Waals surface area contributed by atoms with Crippen LogP contribution in [-0.4, -0.2) is 46.5 Å². The Bertz CT molecular complexity index is 828. The van der Waals surface area contributed by atoms with Crippen molar-refractivity contribution in [1.29, 1.82) is 0 Å². The second kappa shape index (κ2) is 9.09. The largest absolute Gasteiger partial charge is 0.352 e. The second-order valence-electron chi connectivity index (χ2n) is 6.65. The van der Waals surface area contributed by atoms with Crippen molar-refractivity contribution in [2.45, 2.75) is 50.1 Å². The smallest absolute Gasteiger partial charge is 0.243 e. The number of carbonyl (C=O) groups excluding carboxylic acids is 1. The van der Waals surface area contributed by atoms with Crippen molar-refractivity contribution in [2.24, 2.45) is 0 Å². The maximum atomic E-state index is 12.6. The van der Waals surface area contributed by atoms with E-state index >= 15 is 0 Å². The Morgan fingerprint density at radius 2 is 1.85 bits per heavy atom. The molecule has 0 saturated carbocycles. The molecule has 0 aliphatic carbocycles. The van der Waals surface area contributed by atoms with Crippen LogP contribution in [0.4, 0.5) is 0 Å². The number of aryl methyl sites for hydroxylation is 1. The van der Waals surface area contributed by atoms with Crippen LogP contribution in [0.1, 0.15) is 37.7 Å². The third-order valence-electron chi connectivity index (χ3n) is 4.62. The molecular weight excluding hydrogens is 366 g/mol. The summed E-state index contributed by atoms with van der Waals surface area (Å²) in [5, 5.41) is 6.85. The summed E-state index contributed by atoms with van der Waals surface area (Å²) in [6, 6.07) is 6.76. The molecule has 1 aliphatic heterocycles. The first-order valence-corrected chi connectivity index (χ1v) is 10.7. The molecule has 2 aromatic rings. The average molecular weight is 391 g/mol. The van der Waals surface area contributed by atoms with E-state index in [-0.39, 0.29) is 5.91 Å². The molecule has 27 heavy (non-hydrogen) atoms. The van der Waals surface area contributed by atoms with E-state index in [9.17, 15) is 13.2 Å². The van der Waals surface area contributed by atoms with Gasteiger partial charge in [-0.3, -0.25) is 9.48 Å². The van der Waals surface area contributed by atoms with Gasteiger partial charge in [0.05, 0.1) is 4.90 Å². The molecule has 1 aliphatic rings. The SMILES string of the molecule is O=C(CCCn1cncn1)NCc1ccc(S(=O)(=O)N2CCCCC2)cc1. The Hall–Kier alpha value is -2.26. The van der Waals surface area contributed by atoms with Gasteiger partial charge >= 0.3 is 0 Å². The third kappa shape index (κ3) is 5.36. The highest BCUT2D eigenvalue weighted by atomic mass is 32.2. The number of piperidine rings is 1. The van der Waals surface area contributed by atoms with Crippen LogP contribution in [0.25, 0.3) is 0 Å². The van der Waals surface area contributed by atoms with Crippen LogP contribution in [0.3, 0.4) is 0 Å². The van der Waals surface area contributed by atoms with E-state index in [2.05, 4.69) is 15.4 Å². The minimum Gasteiger partial charge on any atom is -0.352 e. The molecule has 1 N–H and O–H groups in total. The molecule has 1 amide bonds. The van der Waals surface area contributed by atoms with E-state index in [1.54, 1.807) is 39.6 Å². The molecule has 0 unspecified atom stereocenters. The fourth-order valence-electron chi connectivity index (χ4n) is 3.07. The summed E-state index contributed by atoms with van der Waals surface area (Å²) < 4.78 is 28.5. The van der Waals surface area contributed by atoms with Crippen molar-refractivity contribution in [2.75, 3.05) is 13.1 Å². The summed E-state index contributed by atoms with van der Waals surface area (Å²) >= 11 is 0. The Kier molecular flexibility index (Phi) is 6.57. The summed E-state index contributed by atoms with van der Waals surface area (Å²) in [5.41, 5.74) is 0.872. The predicted octanol–water partition coefficient (Wildman–Crippen LogP) is 1.55. The number of carbonyl (C=O) groups is 1. The topological polar surface area (TPSA) is 97.2 Å². The third-order valence-corrected chi connectivity index (χ3v) is 6.54. The van der Waals surface area contributed by atoms with Gasteiger partial charge in [0.15, 0.2) is 0 Å². The van der Waals surface area contributed by atoms with E-state index in [0.717, 1.165) is 24.8 Å². The van der Waals surface area contributed by atoms with E-state index in [0.29, 0.717) is 43.9 Å². The van der Waals surface area contributed by atoms with Crippen molar-refractivity contribution in [3.05, 3.63) is 42.5 Å². The van der Waals surface area contributed by atoms with E-state index in [1.807, 2.05) is 0 Å². The normalized spacial score (nSPS) is 15.6. The molecule has 1 fully saturated rings. The van der Waals surface area contributed by atoms with Crippen LogP contribution in [0, 0.1) is 0 Å². The van der Waals surface area contributed by atoms with Crippen LogP contribution in [0.2, 0.25) is 0 Å². The fourth-order valence-corrected chi connectivity index (χ4v) is 4.59. The van der Waals surface area contributed by atoms with Gasteiger partial charge in [-0.25, -0.2) is 13.4 Å². The number of benzene rings is 1. The van der Waals surface area contributed by atoms with E-state index in [4.69, 9.17) is 0 Å². The molecule has 0 bridgehead atoms. The van der Waals surface area contributed by atoms with Crippen LogP contribution in [0.5, 0.6) is 0 Å². The molecule has 3 rings (SSSR count). The van der Waals surface area contributed by atoms with Crippen molar-refractivity contribution in [3.8, 4) is 0 Å².